The first kappa shape index (κ1) is 25.6. The normalized spacial score (nSPS) is 16.1. The van der Waals surface area contributed by atoms with Crippen molar-refractivity contribution >= 4 is 44.7 Å². The molecule has 0 saturated heterocycles. The van der Waals surface area contributed by atoms with E-state index in [4.69, 9.17) is 9.41 Å². The number of aryl methyl sites for hydroxylation is 1. The summed E-state index contributed by atoms with van der Waals surface area (Å²) < 4.78 is 22.6. The fourth-order valence-corrected chi connectivity index (χ4v) is 7.03. The number of allylic oxidation sites excluding steroid dienone is 1. The molecule has 2 aromatic heterocycles. The Morgan fingerprint density at radius 1 is 1.05 bits per heavy atom. The lowest BCUT2D eigenvalue weighted by Crippen LogP contribution is -2.38. The molecule has 3 heterocycles. The van der Waals surface area contributed by atoms with Crippen LogP contribution in [0.2, 0.25) is 0 Å². The van der Waals surface area contributed by atoms with E-state index in [1.54, 1.807) is 41.0 Å². The molecule has 7 rings (SSSR count). The van der Waals surface area contributed by atoms with Crippen LogP contribution >= 0.6 is 27.3 Å². The molecule has 0 N–H and O–H groups in total. The molecule has 3 aromatic carbocycles. The minimum atomic E-state index is -0.461. The van der Waals surface area contributed by atoms with Crippen LogP contribution in [0.4, 0.5) is 10.1 Å². The monoisotopic (exact) mass is 627 g/mol. The Balaban J connectivity index is 1.36. The first-order valence-corrected chi connectivity index (χ1v) is 14.4. The molecule has 2 aliphatic rings. The van der Waals surface area contributed by atoms with E-state index in [-0.39, 0.29) is 17.1 Å². The number of nitro groups is 1. The summed E-state index contributed by atoms with van der Waals surface area (Å²) in [6, 6.07) is 22.0. The van der Waals surface area contributed by atoms with Gasteiger partial charge in [-0.25, -0.2) is 9.38 Å². The number of hydrogen-bond donors (Lipinski definition) is 0. The molecule has 0 fully saturated rings. The average molecular weight is 628 g/mol. The number of non-ortho nitro benzene ring substituents is 1. The van der Waals surface area contributed by atoms with Crippen LogP contribution < -0.4 is 14.9 Å². The highest BCUT2D eigenvalue weighted by Crippen LogP contribution is 2.41. The van der Waals surface area contributed by atoms with E-state index in [0.717, 1.165) is 35.2 Å². The predicted octanol–water partition coefficient (Wildman–Crippen LogP) is 6.39. The second kappa shape index (κ2) is 9.90. The van der Waals surface area contributed by atoms with E-state index in [2.05, 4.69) is 28.1 Å². The quantitative estimate of drug-likeness (QED) is 0.171. The number of nitrogens with zero attached hydrogens (tertiary/aromatic N) is 3. The second-order valence-electron chi connectivity index (χ2n) is 9.79. The van der Waals surface area contributed by atoms with E-state index in [9.17, 15) is 19.3 Å². The van der Waals surface area contributed by atoms with Crippen molar-refractivity contribution in [3.63, 3.8) is 0 Å². The molecular weight excluding hydrogens is 609 g/mol. The SMILES string of the molecule is O=c1/c(=C\c2ccc(-c3ccc([N+](=O)[O-])cc3Br)o2)sc2n1[C@@H](c1ccc(F)cc1)C1=C(N=2)c2ccccc2CC1. The Kier molecular flexibility index (Phi) is 6.17. The van der Waals surface area contributed by atoms with E-state index in [1.807, 2.05) is 12.1 Å². The maximum absolute atomic E-state index is 13.9. The molecule has 10 heteroatoms. The smallest absolute Gasteiger partial charge is 0.271 e. The Morgan fingerprint density at radius 2 is 1.85 bits per heavy atom. The number of benzene rings is 3. The van der Waals surface area contributed by atoms with Crippen LogP contribution in [0.5, 0.6) is 0 Å². The molecule has 5 aromatic rings. The lowest BCUT2D eigenvalue weighted by atomic mass is 9.83. The van der Waals surface area contributed by atoms with Gasteiger partial charge in [-0.2, -0.15) is 0 Å². The third-order valence-corrected chi connectivity index (χ3v) is 9.03. The van der Waals surface area contributed by atoms with Gasteiger partial charge in [-0.05, 0) is 75.8 Å². The number of aromatic nitrogens is 1. The fourth-order valence-electron chi connectivity index (χ4n) is 5.49. The minimum absolute atomic E-state index is 0.0328. The van der Waals surface area contributed by atoms with Gasteiger partial charge in [-0.3, -0.25) is 19.5 Å². The average Bonchev–Trinajstić information content (AvgIpc) is 3.56. The summed E-state index contributed by atoms with van der Waals surface area (Å²) in [6.45, 7) is 0. The number of furan rings is 1. The third-order valence-electron chi connectivity index (χ3n) is 7.39. The van der Waals surface area contributed by atoms with Crippen molar-refractivity contribution in [3.05, 3.63) is 147 Å². The Labute approximate surface area is 244 Å². The molecule has 7 nitrogen and oxygen atoms in total. The lowest BCUT2D eigenvalue weighted by molar-refractivity contribution is -0.384. The summed E-state index contributed by atoms with van der Waals surface area (Å²) in [5.74, 6) is 0.627. The summed E-state index contributed by atoms with van der Waals surface area (Å²) >= 11 is 4.66. The molecule has 0 unspecified atom stereocenters. The van der Waals surface area contributed by atoms with Crippen molar-refractivity contribution in [2.45, 2.75) is 18.9 Å². The van der Waals surface area contributed by atoms with Crippen LogP contribution in [0.3, 0.4) is 0 Å². The van der Waals surface area contributed by atoms with Crippen LogP contribution in [0, 0.1) is 15.9 Å². The molecule has 202 valence electrons. The third kappa shape index (κ3) is 4.39. The number of rotatable bonds is 4. The van der Waals surface area contributed by atoms with Gasteiger partial charge in [0, 0.05) is 33.8 Å². The minimum Gasteiger partial charge on any atom is -0.457 e. The van der Waals surface area contributed by atoms with Crippen molar-refractivity contribution in [1.82, 2.24) is 4.57 Å². The highest BCUT2D eigenvalue weighted by molar-refractivity contribution is 9.10. The fraction of sp³-hybridized carbons (Fsp3) is 0.0968. The molecule has 1 aliphatic carbocycles. The first-order chi connectivity index (χ1) is 19.9. The summed E-state index contributed by atoms with van der Waals surface area (Å²) in [5.41, 5.74) is 5.42. The van der Waals surface area contributed by atoms with Gasteiger partial charge >= 0.3 is 0 Å². The van der Waals surface area contributed by atoms with E-state index >= 15 is 0 Å². The van der Waals surface area contributed by atoms with Gasteiger partial charge in [0.2, 0.25) is 0 Å². The maximum atomic E-state index is 13.9. The largest absolute Gasteiger partial charge is 0.457 e. The zero-order valence-corrected chi connectivity index (χ0v) is 23.6. The number of hydrogen-bond acceptors (Lipinski definition) is 6. The second-order valence-corrected chi connectivity index (χ2v) is 11.7. The molecule has 0 bridgehead atoms. The number of halogens is 2. The van der Waals surface area contributed by atoms with Gasteiger partial charge in [0.05, 0.1) is 21.2 Å². The molecule has 0 radical (unpaired) electrons. The van der Waals surface area contributed by atoms with Crippen molar-refractivity contribution in [3.8, 4) is 11.3 Å². The maximum Gasteiger partial charge on any atom is 0.271 e. The molecule has 0 amide bonds. The highest BCUT2D eigenvalue weighted by atomic mass is 79.9. The first-order valence-electron chi connectivity index (χ1n) is 12.8. The van der Waals surface area contributed by atoms with Crippen LogP contribution in [0.1, 0.15) is 34.9 Å². The molecule has 0 saturated carbocycles. The topological polar surface area (TPSA) is 90.6 Å². The van der Waals surface area contributed by atoms with Gasteiger partial charge in [0.25, 0.3) is 11.2 Å². The highest BCUT2D eigenvalue weighted by Gasteiger charge is 2.32. The van der Waals surface area contributed by atoms with Gasteiger partial charge in [0.15, 0.2) is 4.80 Å². The van der Waals surface area contributed by atoms with Gasteiger partial charge in [-0.1, -0.05) is 47.7 Å². The number of thiazole rings is 1. The van der Waals surface area contributed by atoms with E-state index in [0.29, 0.717) is 30.9 Å². The number of nitro benzene ring substituents is 1. The van der Waals surface area contributed by atoms with Crippen LogP contribution in [0.25, 0.3) is 23.1 Å². The van der Waals surface area contributed by atoms with Crippen LogP contribution in [0.15, 0.2) is 103 Å². The molecule has 41 heavy (non-hydrogen) atoms. The van der Waals surface area contributed by atoms with Crippen molar-refractivity contribution < 1.29 is 13.7 Å². The van der Waals surface area contributed by atoms with E-state index in [1.165, 1.54) is 41.2 Å². The summed E-state index contributed by atoms with van der Waals surface area (Å²) in [6.07, 6.45) is 3.26. The van der Waals surface area contributed by atoms with Crippen molar-refractivity contribution in [2.24, 2.45) is 4.99 Å². The Hall–Kier alpha value is -4.41. The Morgan fingerprint density at radius 3 is 2.63 bits per heavy atom. The van der Waals surface area contributed by atoms with E-state index < -0.39 is 11.0 Å². The zero-order chi connectivity index (χ0) is 28.2. The number of fused-ring (bicyclic) bond motifs is 3. The molecular formula is C31H19BrFN3O4S. The zero-order valence-electron chi connectivity index (χ0n) is 21.2. The summed E-state index contributed by atoms with van der Waals surface area (Å²) in [4.78, 5) is 30.1. The van der Waals surface area contributed by atoms with Gasteiger partial charge in [0.1, 0.15) is 17.3 Å². The van der Waals surface area contributed by atoms with Crippen molar-refractivity contribution in [1.29, 1.82) is 0 Å². The van der Waals surface area contributed by atoms with Crippen LogP contribution in [-0.2, 0) is 6.42 Å². The standard InChI is InChI=1S/C31H19BrFN3O4S/c32-25-15-20(36(38)39)10-13-23(25)26-14-11-21(40-26)16-27-30(37)35-29(18-5-8-19(33)9-6-18)24-12-7-17-3-1-2-4-22(17)28(24)34-31(35)41-27/h1-6,8-11,13-16,29H,7,12H2/b27-16+/t29-/m0/s1. The predicted molar refractivity (Wildman–Crippen MR) is 158 cm³/mol. The molecule has 0 spiro atoms. The van der Waals surface area contributed by atoms with Gasteiger partial charge < -0.3 is 4.42 Å². The molecule has 1 atom stereocenters. The van der Waals surface area contributed by atoms with Crippen LogP contribution in [-0.4, -0.2) is 9.49 Å². The van der Waals surface area contributed by atoms with Crippen molar-refractivity contribution in [2.75, 3.05) is 0 Å². The lowest BCUT2D eigenvalue weighted by Gasteiger charge is -2.30. The Bertz CT molecular complexity index is 2090. The summed E-state index contributed by atoms with van der Waals surface area (Å²) in [5, 5.41) is 11.1. The summed E-state index contributed by atoms with van der Waals surface area (Å²) in [7, 11) is 0. The van der Waals surface area contributed by atoms with Gasteiger partial charge in [-0.15, -0.1) is 0 Å². The molecule has 1 aliphatic heterocycles.